The Hall–Kier alpha value is -1.36. The van der Waals surface area contributed by atoms with Gasteiger partial charge in [-0.05, 0) is 18.6 Å². The van der Waals surface area contributed by atoms with Crippen molar-refractivity contribution in [2.75, 3.05) is 11.4 Å². The number of hydrogen-bond donors (Lipinski definition) is 0. The SMILES string of the molecule is CCC(C=O)S(=O)(=O)N(C)c1ccccc1. The van der Waals surface area contributed by atoms with E-state index in [2.05, 4.69) is 0 Å². The van der Waals surface area contributed by atoms with Gasteiger partial charge in [0.25, 0.3) is 0 Å². The summed E-state index contributed by atoms with van der Waals surface area (Å²) in [5.41, 5.74) is 0.558. The minimum Gasteiger partial charge on any atom is -0.302 e. The Morgan fingerprint density at radius 1 is 1.31 bits per heavy atom. The fraction of sp³-hybridized carbons (Fsp3) is 0.364. The third kappa shape index (κ3) is 2.41. The summed E-state index contributed by atoms with van der Waals surface area (Å²) in [5.74, 6) is 0. The molecule has 0 saturated carbocycles. The molecule has 1 aromatic rings. The molecule has 88 valence electrons. The number of hydrogen-bond acceptors (Lipinski definition) is 3. The van der Waals surface area contributed by atoms with Gasteiger partial charge in [0.15, 0.2) is 0 Å². The normalized spacial score (nSPS) is 13.1. The van der Waals surface area contributed by atoms with Crippen LogP contribution in [0.5, 0.6) is 0 Å². The van der Waals surface area contributed by atoms with E-state index in [0.717, 1.165) is 4.31 Å². The molecule has 16 heavy (non-hydrogen) atoms. The monoisotopic (exact) mass is 241 g/mol. The molecule has 0 heterocycles. The molecule has 0 spiro atoms. The second-order valence-electron chi connectivity index (χ2n) is 3.43. The Kier molecular flexibility index (Phi) is 4.06. The number of carbonyl (C=O) groups excluding carboxylic acids is 1. The number of sulfonamides is 1. The molecule has 0 radical (unpaired) electrons. The molecule has 1 rings (SSSR count). The minimum atomic E-state index is -3.59. The van der Waals surface area contributed by atoms with E-state index in [1.807, 2.05) is 0 Å². The number of nitrogens with zero attached hydrogens (tertiary/aromatic N) is 1. The highest BCUT2D eigenvalue weighted by Crippen LogP contribution is 2.18. The van der Waals surface area contributed by atoms with Crippen molar-refractivity contribution in [3.63, 3.8) is 0 Å². The van der Waals surface area contributed by atoms with E-state index in [0.29, 0.717) is 12.0 Å². The largest absolute Gasteiger partial charge is 0.302 e. The van der Waals surface area contributed by atoms with Crippen LogP contribution in [0.15, 0.2) is 30.3 Å². The first kappa shape index (κ1) is 12.7. The van der Waals surface area contributed by atoms with Crippen LogP contribution in [-0.2, 0) is 14.8 Å². The highest BCUT2D eigenvalue weighted by Gasteiger charge is 2.28. The quantitative estimate of drug-likeness (QED) is 0.733. The molecule has 0 fully saturated rings. The van der Waals surface area contributed by atoms with Crippen LogP contribution < -0.4 is 4.31 Å². The molecule has 4 nitrogen and oxygen atoms in total. The molecular formula is C11H15NO3S. The Morgan fingerprint density at radius 3 is 2.31 bits per heavy atom. The molecule has 0 saturated heterocycles. The lowest BCUT2D eigenvalue weighted by Crippen LogP contribution is -2.36. The standard InChI is InChI=1S/C11H15NO3S/c1-3-11(9-13)16(14,15)12(2)10-7-5-4-6-8-10/h4-9,11H,3H2,1-2H3. The summed E-state index contributed by atoms with van der Waals surface area (Å²) in [7, 11) is -2.13. The molecule has 0 amide bonds. The topological polar surface area (TPSA) is 54.5 Å². The van der Waals surface area contributed by atoms with Gasteiger partial charge in [0.1, 0.15) is 11.5 Å². The molecule has 1 atom stereocenters. The van der Waals surface area contributed by atoms with Crippen LogP contribution in [0.1, 0.15) is 13.3 Å². The second-order valence-corrected chi connectivity index (χ2v) is 5.61. The summed E-state index contributed by atoms with van der Waals surface area (Å²) >= 11 is 0. The third-order valence-electron chi connectivity index (χ3n) is 2.44. The summed E-state index contributed by atoms with van der Waals surface area (Å²) in [5, 5.41) is -0.974. The number of carbonyl (C=O) groups is 1. The van der Waals surface area contributed by atoms with Crippen molar-refractivity contribution in [2.45, 2.75) is 18.6 Å². The number of para-hydroxylation sites is 1. The first-order valence-electron chi connectivity index (χ1n) is 5.02. The molecule has 0 aromatic heterocycles. The van der Waals surface area contributed by atoms with Crippen LogP contribution in [-0.4, -0.2) is 27.0 Å². The van der Waals surface area contributed by atoms with E-state index in [-0.39, 0.29) is 6.42 Å². The van der Waals surface area contributed by atoms with Crippen LogP contribution in [0.4, 0.5) is 5.69 Å². The first-order chi connectivity index (χ1) is 7.54. The van der Waals surface area contributed by atoms with E-state index in [1.54, 1.807) is 37.3 Å². The van der Waals surface area contributed by atoms with Crippen LogP contribution in [0.3, 0.4) is 0 Å². The molecule has 0 N–H and O–H groups in total. The van der Waals surface area contributed by atoms with E-state index < -0.39 is 15.3 Å². The third-order valence-corrected chi connectivity index (χ3v) is 4.62. The van der Waals surface area contributed by atoms with E-state index in [1.165, 1.54) is 7.05 Å². The van der Waals surface area contributed by atoms with Gasteiger partial charge in [0.2, 0.25) is 10.0 Å². The number of anilines is 1. The maximum Gasteiger partial charge on any atom is 0.244 e. The van der Waals surface area contributed by atoms with Crippen molar-refractivity contribution in [2.24, 2.45) is 0 Å². The summed E-state index contributed by atoms with van der Waals surface area (Å²) in [6, 6.07) is 8.69. The average molecular weight is 241 g/mol. The first-order valence-corrected chi connectivity index (χ1v) is 6.52. The molecule has 0 aliphatic heterocycles. The van der Waals surface area contributed by atoms with Crippen molar-refractivity contribution in [3.05, 3.63) is 30.3 Å². The zero-order chi connectivity index (χ0) is 12.2. The van der Waals surface area contributed by atoms with Gasteiger partial charge in [0.05, 0.1) is 5.69 Å². The van der Waals surface area contributed by atoms with Crippen LogP contribution in [0, 0.1) is 0 Å². The zero-order valence-electron chi connectivity index (χ0n) is 9.33. The summed E-state index contributed by atoms with van der Waals surface area (Å²) in [4.78, 5) is 10.7. The van der Waals surface area contributed by atoms with Gasteiger partial charge >= 0.3 is 0 Å². The Balaban J connectivity index is 3.06. The summed E-state index contributed by atoms with van der Waals surface area (Å²) < 4.78 is 25.1. The Bertz CT molecular complexity index is 442. The van der Waals surface area contributed by atoms with Crippen LogP contribution in [0.25, 0.3) is 0 Å². The van der Waals surface area contributed by atoms with Gasteiger partial charge in [-0.15, -0.1) is 0 Å². The highest BCUT2D eigenvalue weighted by molar-refractivity contribution is 7.94. The summed E-state index contributed by atoms with van der Waals surface area (Å²) in [6.07, 6.45) is 0.762. The molecule has 0 aliphatic rings. The van der Waals surface area contributed by atoms with Crippen molar-refractivity contribution in [1.29, 1.82) is 0 Å². The number of rotatable bonds is 5. The lowest BCUT2D eigenvalue weighted by atomic mass is 10.3. The average Bonchev–Trinajstić information content (AvgIpc) is 2.30. The van der Waals surface area contributed by atoms with Crippen molar-refractivity contribution < 1.29 is 13.2 Å². The molecular weight excluding hydrogens is 226 g/mol. The fourth-order valence-corrected chi connectivity index (χ4v) is 2.75. The Morgan fingerprint density at radius 2 is 1.88 bits per heavy atom. The fourth-order valence-electron chi connectivity index (χ4n) is 1.36. The van der Waals surface area contributed by atoms with Gasteiger partial charge in [-0.3, -0.25) is 4.31 Å². The van der Waals surface area contributed by atoms with E-state index in [4.69, 9.17) is 0 Å². The molecule has 1 aromatic carbocycles. The van der Waals surface area contributed by atoms with E-state index >= 15 is 0 Å². The minimum absolute atomic E-state index is 0.281. The molecule has 0 aliphatic carbocycles. The van der Waals surface area contributed by atoms with Crippen LogP contribution >= 0.6 is 0 Å². The molecule has 5 heteroatoms. The van der Waals surface area contributed by atoms with Crippen molar-refractivity contribution in [1.82, 2.24) is 0 Å². The summed E-state index contributed by atoms with van der Waals surface area (Å²) in [6.45, 7) is 1.68. The maximum absolute atomic E-state index is 12.0. The molecule has 1 unspecified atom stereocenters. The molecule has 0 bridgehead atoms. The zero-order valence-corrected chi connectivity index (χ0v) is 10.1. The maximum atomic E-state index is 12.0. The Labute approximate surface area is 95.9 Å². The van der Waals surface area contributed by atoms with Gasteiger partial charge in [-0.2, -0.15) is 0 Å². The second kappa shape index (κ2) is 5.12. The predicted octanol–water partition coefficient (Wildman–Crippen LogP) is 1.43. The highest BCUT2D eigenvalue weighted by atomic mass is 32.2. The number of benzene rings is 1. The van der Waals surface area contributed by atoms with Gasteiger partial charge in [-0.1, -0.05) is 25.1 Å². The lowest BCUT2D eigenvalue weighted by Gasteiger charge is -2.22. The van der Waals surface area contributed by atoms with Gasteiger partial charge < -0.3 is 4.79 Å². The predicted molar refractivity (Wildman–Crippen MR) is 63.9 cm³/mol. The van der Waals surface area contributed by atoms with Gasteiger partial charge in [-0.25, -0.2) is 8.42 Å². The van der Waals surface area contributed by atoms with Crippen LogP contribution in [0.2, 0.25) is 0 Å². The number of aldehydes is 1. The smallest absolute Gasteiger partial charge is 0.244 e. The van der Waals surface area contributed by atoms with Gasteiger partial charge in [0, 0.05) is 7.05 Å². The van der Waals surface area contributed by atoms with E-state index in [9.17, 15) is 13.2 Å². The van der Waals surface area contributed by atoms with Crippen molar-refractivity contribution in [3.8, 4) is 0 Å². The van der Waals surface area contributed by atoms with Crippen molar-refractivity contribution >= 4 is 22.0 Å². The lowest BCUT2D eigenvalue weighted by molar-refractivity contribution is -0.107.